The highest BCUT2D eigenvalue weighted by molar-refractivity contribution is 6.33. The molecular formula is C15H10ClFN2O2. The Labute approximate surface area is 125 Å². The zero-order valence-electron chi connectivity index (χ0n) is 10.7. The van der Waals surface area contributed by atoms with Gasteiger partial charge < -0.3 is 10.4 Å². The van der Waals surface area contributed by atoms with Crippen LogP contribution in [0.15, 0.2) is 36.4 Å². The van der Waals surface area contributed by atoms with E-state index < -0.39 is 11.7 Å². The van der Waals surface area contributed by atoms with Crippen molar-refractivity contribution in [3.05, 3.63) is 63.9 Å². The van der Waals surface area contributed by atoms with E-state index in [1.807, 2.05) is 6.07 Å². The molecule has 0 aromatic heterocycles. The molecule has 0 atom stereocenters. The topological polar surface area (TPSA) is 73.1 Å². The second kappa shape index (κ2) is 6.25. The Balaban J connectivity index is 2.11. The molecule has 0 bridgehead atoms. The van der Waals surface area contributed by atoms with Crippen molar-refractivity contribution in [2.75, 3.05) is 0 Å². The molecule has 0 unspecified atom stereocenters. The molecule has 6 heteroatoms. The van der Waals surface area contributed by atoms with Crippen LogP contribution < -0.4 is 5.32 Å². The summed E-state index contributed by atoms with van der Waals surface area (Å²) in [6, 6.07) is 9.81. The Morgan fingerprint density at radius 3 is 2.76 bits per heavy atom. The van der Waals surface area contributed by atoms with E-state index in [9.17, 15) is 14.3 Å². The number of carbonyl (C=O) groups is 1. The molecule has 0 heterocycles. The Bertz CT molecular complexity index is 741. The maximum atomic E-state index is 13.7. The number of hydrogen-bond acceptors (Lipinski definition) is 3. The van der Waals surface area contributed by atoms with Gasteiger partial charge in [0.2, 0.25) is 0 Å². The van der Waals surface area contributed by atoms with Crippen molar-refractivity contribution >= 4 is 17.5 Å². The molecule has 0 saturated heterocycles. The van der Waals surface area contributed by atoms with Crippen LogP contribution in [0.4, 0.5) is 4.39 Å². The van der Waals surface area contributed by atoms with Crippen molar-refractivity contribution in [1.29, 1.82) is 5.26 Å². The number of nitrogens with zero attached hydrogens (tertiary/aromatic N) is 1. The van der Waals surface area contributed by atoms with Crippen LogP contribution in [0.5, 0.6) is 5.75 Å². The minimum Gasteiger partial charge on any atom is -0.508 e. The molecule has 0 spiro atoms. The van der Waals surface area contributed by atoms with Gasteiger partial charge in [-0.15, -0.1) is 0 Å². The highest BCUT2D eigenvalue weighted by atomic mass is 35.5. The number of halogens is 2. The molecular weight excluding hydrogens is 295 g/mol. The van der Waals surface area contributed by atoms with Crippen molar-refractivity contribution in [2.24, 2.45) is 0 Å². The number of hydrogen-bond donors (Lipinski definition) is 2. The van der Waals surface area contributed by atoms with Crippen LogP contribution in [0.25, 0.3) is 0 Å². The average molecular weight is 305 g/mol. The molecule has 2 aromatic carbocycles. The molecule has 0 radical (unpaired) electrons. The molecule has 0 aliphatic carbocycles. The number of aromatic hydroxyl groups is 1. The third kappa shape index (κ3) is 3.50. The molecule has 4 nitrogen and oxygen atoms in total. The lowest BCUT2D eigenvalue weighted by molar-refractivity contribution is 0.0950. The van der Waals surface area contributed by atoms with Gasteiger partial charge in [0.05, 0.1) is 22.2 Å². The van der Waals surface area contributed by atoms with Crippen molar-refractivity contribution < 1.29 is 14.3 Å². The van der Waals surface area contributed by atoms with Crippen molar-refractivity contribution in [3.63, 3.8) is 0 Å². The second-order valence-corrected chi connectivity index (χ2v) is 4.67. The van der Waals surface area contributed by atoms with Crippen LogP contribution in [0.3, 0.4) is 0 Å². The van der Waals surface area contributed by atoms with Gasteiger partial charge in [-0.1, -0.05) is 17.7 Å². The normalized spacial score (nSPS) is 9.95. The summed E-state index contributed by atoms with van der Waals surface area (Å²) < 4.78 is 13.7. The number of benzene rings is 2. The van der Waals surface area contributed by atoms with Gasteiger partial charge in [-0.2, -0.15) is 5.26 Å². The molecule has 0 fully saturated rings. The maximum absolute atomic E-state index is 13.7. The number of amides is 1. The first-order valence-corrected chi connectivity index (χ1v) is 6.34. The largest absolute Gasteiger partial charge is 0.508 e. The fourth-order valence-electron chi connectivity index (χ4n) is 1.72. The number of nitriles is 1. The van der Waals surface area contributed by atoms with E-state index >= 15 is 0 Å². The molecule has 0 aliphatic rings. The van der Waals surface area contributed by atoms with Gasteiger partial charge in [0, 0.05) is 12.1 Å². The fraction of sp³-hybridized carbons (Fsp3) is 0.0667. The van der Waals surface area contributed by atoms with Crippen LogP contribution >= 0.6 is 11.6 Å². The minimum atomic E-state index is -0.573. The summed E-state index contributed by atoms with van der Waals surface area (Å²) in [5.74, 6) is -1.19. The van der Waals surface area contributed by atoms with E-state index in [1.54, 1.807) is 0 Å². The second-order valence-electron chi connectivity index (χ2n) is 4.26. The maximum Gasteiger partial charge on any atom is 0.253 e. The predicted molar refractivity (Wildman–Crippen MR) is 75.4 cm³/mol. The van der Waals surface area contributed by atoms with Crippen LogP contribution in [0.2, 0.25) is 5.02 Å². The van der Waals surface area contributed by atoms with Crippen LogP contribution in [0.1, 0.15) is 21.5 Å². The number of phenolic OH excluding ortho intramolecular Hbond substituents is 1. The fourth-order valence-corrected chi connectivity index (χ4v) is 1.92. The SMILES string of the molecule is N#Cc1ccc(CNC(=O)c2cc(O)ccc2Cl)c(F)c1. The van der Waals surface area contributed by atoms with Crippen molar-refractivity contribution in [1.82, 2.24) is 5.32 Å². The Morgan fingerprint density at radius 1 is 1.33 bits per heavy atom. The molecule has 0 aliphatic heterocycles. The third-order valence-electron chi connectivity index (χ3n) is 2.82. The summed E-state index contributed by atoms with van der Waals surface area (Å²) in [4.78, 5) is 11.9. The minimum absolute atomic E-state index is 0.0532. The highest BCUT2D eigenvalue weighted by Gasteiger charge is 2.12. The summed E-state index contributed by atoms with van der Waals surface area (Å²) in [7, 11) is 0. The number of rotatable bonds is 3. The van der Waals surface area contributed by atoms with Crippen molar-refractivity contribution in [2.45, 2.75) is 6.54 Å². The smallest absolute Gasteiger partial charge is 0.253 e. The monoisotopic (exact) mass is 304 g/mol. The Morgan fingerprint density at radius 2 is 2.10 bits per heavy atom. The summed E-state index contributed by atoms with van der Waals surface area (Å²) in [5.41, 5.74) is 0.558. The van der Waals surface area contributed by atoms with Gasteiger partial charge >= 0.3 is 0 Å². The van der Waals surface area contributed by atoms with E-state index in [2.05, 4.69) is 5.32 Å². The molecule has 0 saturated carbocycles. The third-order valence-corrected chi connectivity index (χ3v) is 3.15. The molecule has 2 rings (SSSR count). The standard InChI is InChI=1S/C15H10ClFN2O2/c16-13-4-3-11(20)6-12(13)15(21)19-8-10-2-1-9(7-18)5-14(10)17/h1-6,20H,8H2,(H,19,21). The van der Waals surface area contributed by atoms with Gasteiger partial charge in [-0.3, -0.25) is 4.79 Å². The van der Waals surface area contributed by atoms with Crippen LogP contribution in [0, 0.1) is 17.1 Å². The zero-order valence-corrected chi connectivity index (χ0v) is 11.5. The van der Waals surface area contributed by atoms with Crippen LogP contribution in [-0.2, 0) is 6.54 Å². The quantitative estimate of drug-likeness (QED) is 0.915. The predicted octanol–water partition coefficient (Wildman–Crippen LogP) is 2.99. The summed E-state index contributed by atoms with van der Waals surface area (Å²) in [5, 5.41) is 20.7. The molecule has 21 heavy (non-hydrogen) atoms. The lowest BCUT2D eigenvalue weighted by Gasteiger charge is -2.08. The van der Waals surface area contributed by atoms with E-state index in [-0.39, 0.29) is 34.0 Å². The molecule has 1 amide bonds. The summed E-state index contributed by atoms with van der Waals surface area (Å²) in [6.45, 7) is -0.0532. The van der Waals surface area contributed by atoms with Crippen LogP contribution in [-0.4, -0.2) is 11.0 Å². The molecule has 2 N–H and O–H groups in total. The zero-order chi connectivity index (χ0) is 15.4. The number of carbonyl (C=O) groups excluding carboxylic acids is 1. The first-order valence-electron chi connectivity index (χ1n) is 5.96. The number of nitrogens with one attached hydrogen (secondary N) is 1. The Kier molecular flexibility index (Phi) is 4.41. The van der Waals surface area contributed by atoms with Gasteiger partial charge in [-0.25, -0.2) is 4.39 Å². The summed E-state index contributed by atoms with van der Waals surface area (Å²) in [6.07, 6.45) is 0. The Hall–Kier alpha value is -2.58. The van der Waals surface area contributed by atoms with E-state index in [0.29, 0.717) is 0 Å². The average Bonchev–Trinajstić information content (AvgIpc) is 2.48. The first-order chi connectivity index (χ1) is 10.0. The highest BCUT2D eigenvalue weighted by Crippen LogP contribution is 2.21. The van der Waals surface area contributed by atoms with E-state index in [4.69, 9.17) is 16.9 Å². The molecule has 106 valence electrons. The van der Waals surface area contributed by atoms with Gasteiger partial charge in [-0.05, 0) is 30.3 Å². The van der Waals surface area contributed by atoms with E-state index in [0.717, 1.165) is 6.07 Å². The lowest BCUT2D eigenvalue weighted by atomic mass is 10.1. The molecule has 2 aromatic rings. The first kappa shape index (κ1) is 14.8. The summed E-state index contributed by atoms with van der Waals surface area (Å²) >= 11 is 5.86. The van der Waals surface area contributed by atoms with Crippen molar-refractivity contribution in [3.8, 4) is 11.8 Å². The lowest BCUT2D eigenvalue weighted by Crippen LogP contribution is -2.23. The van der Waals surface area contributed by atoms with E-state index in [1.165, 1.54) is 30.3 Å². The number of phenols is 1. The van der Waals surface area contributed by atoms with Gasteiger partial charge in [0.1, 0.15) is 11.6 Å². The van der Waals surface area contributed by atoms with Gasteiger partial charge in [0.15, 0.2) is 0 Å². The van der Waals surface area contributed by atoms with Gasteiger partial charge in [0.25, 0.3) is 5.91 Å².